The highest BCUT2D eigenvalue weighted by Crippen LogP contribution is 2.35. The van der Waals surface area contributed by atoms with Crippen LogP contribution in [0, 0.1) is 5.92 Å². The maximum Gasteiger partial charge on any atom is 0.230 e. The number of para-hydroxylation sites is 1. The lowest BCUT2D eigenvalue weighted by Crippen LogP contribution is -2.48. The van der Waals surface area contributed by atoms with Crippen LogP contribution in [0.5, 0.6) is 0 Å². The van der Waals surface area contributed by atoms with Crippen LogP contribution in [0.25, 0.3) is 0 Å². The molecule has 1 saturated carbocycles. The van der Waals surface area contributed by atoms with Crippen molar-refractivity contribution in [2.75, 3.05) is 24.5 Å². The molecule has 0 atom stereocenters. The normalized spacial score (nSPS) is 20.9. The van der Waals surface area contributed by atoms with Crippen molar-refractivity contribution in [1.82, 2.24) is 4.90 Å². The molecule has 1 aliphatic heterocycles. The lowest BCUT2D eigenvalue weighted by atomic mass is 10.0. The Labute approximate surface area is 121 Å². The maximum atomic E-state index is 12.7. The first-order valence-corrected chi connectivity index (χ1v) is 7.90. The van der Waals surface area contributed by atoms with E-state index in [1.807, 2.05) is 18.2 Å². The van der Waals surface area contributed by atoms with Crippen molar-refractivity contribution in [3.8, 4) is 0 Å². The first-order chi connectivity index (χ1) is 9.79. The minimum Gasteiger partial charge on any atom is -0.309 e. The van der Waals surface area contributed by atoms with Gasteiger partial charge in [-0.2, -0.15) is 0 Å². The molecule has 1 heterocycles. The molecule has 3 rings (SSSR count). The van der Waals surface area contributed by atoms with Gasteiger partial charge in [-0.05, 0) is 44.4 Å². The Morgan fingerprint density at radius 2 is 1.80 bits per heavy atom. The maximum absolute atomic E-state index is 12.7. The zero-order valence-electron chi connectivity index (χ0n) is 12.3. The summed E-state index contributed by atoms with van der Waals surface area (Å²) in [5.74, 6) is 0.644. The lowest BCUT2D eigenvalue weighted by molar-refractivity contribution is -0.120. The van der Waals surface area contributed by atoms with E-state index >= 15 is 0 Å². The van der Waals surface area contributed by atoms with Crippen LogP contribution in [0.15, 0.2) is 30.3 Å². The summed E-state index contributed by atoms with van der Waals surface area (Å²) < 4.78 is 0. The highest BCUT2D eigenvalue weighted by molar-refractivity contribution is 5.97. The molecular formula is C17H24N2O. The second-order valence-electron chi connectivity index (χ2n) is 5.98. The molecule has 2 aliphatic rings. The Morgan fingerprint density at radius 1 is 1.15 bits per heavy atom. The fourth-order valence-corrected chi connectivity index (χ4v) is 3.13. The van der Waals surface area contributed by atoms with Gasteiger partial charge in [0.15, 0.2) is 0 Å². The molecule has 3 heteroatoms. The van der Waals surface area contributed by atoms with Gasteiger partial charge in [-0.3, -0.25) is 4.79 Å². The molecule has 0 spiro atoms. The summed E-state index contributed by atoms with van der Waals surface area (Å²) in [5, 5.41) is 0. The van der Waals surface area contributed by atoms with Gasteiger partial charge in [0.05, 0.1) is 0 Å². The van der Waals surface area contributed by atoms with E-state index in [4.69, 9.17) is 0 Å². The van der Waals surface area contributed by atoms with Crippen molar-refractivity contribution >= 4 is 11.6 Å². The fourth-order valence-electron chi connectivity index (χ4n) is 3.13. The van der Waals surface area contributed by atoms with Crippen LogP contribution in [-0.2, 0) is 4.79 Å². The third-order valence-electron chi connectivity index (χ3n) is 4.57. The molecule has 0 bridgehead atoms. The van der Waals surface area contributed by atoms with Crippen molar-refractivity contribution in [1.29, 1.82) is 0 Å². The molecule has 0 N–H and O–H groups in total. The summed E-state index contributed by atoms with van der Waals surface area (Å²) in [7, 11) is 0. The van der Waals surface area contributed by atoms with E-state index in [0.29, 0.717) is 17.9 Å². The molecule has 1 aliphatic carbocycles. The summed E-state index contributed by atoms with van der Waals surface area (Å²) in [6, 6.07) is 10.6. The van der Waals surface area contributed by atoms with Gasteiger partial charge in [-0.1, -0.05) is 25.1 Å². The summed E-state index contributed by atoms with van der Waals surface area (Å²) in [6.07, 6.45) is 4.36. The quantitative estimate of drug-likeness (QED) is 0.841. The minimum atomic E-state index is 0.291. The number of amides is 1. The zero-order chi connectivity index (χ0) is 13.9. The third kappa shape index (κ3) is 2.88. The van der Waals surface area contributed by atoms with E-state index in [1.54, 1.807) is 0 Å². The topological polar surface area (TPSA) is 23.6 Å². The average Bonchev–Trinajstić information content (AvgIpc) is 3.34. The first kappa shape index (κ1) is 13.6. The fraction of sp³-hybridized carbons (Fsp3) is 0.588. The number of carbonyl (C=O) groups excluding carboxylic acids is 1. The predicted octanol–water partition coefficient (Wildman–Crippen LogP) is 2.91. The molecule has 0 radical (unpaired) electrons. The van der Waals surface area contributed by atoms with Crippen LogP contribution in [0.4, 0.5) is 5.69 Å². The van der Waals surface area contributed by atoms with Crippen LogP contribution >= 0.6 is 0 Å². The standard InChI is InChI=1S/C17H24N2O/c1-2-18-12-10-16(11-13-18)19(17(20)14-8-9-14)15-6-4-3-5-7-15/h3-7,14,16H,2,8-13H2,1H3. The molecule has 1 amide bonds. The van der Waals surface area contributed by atoms with Gasteiger partial charge in [0.1, 0.15) is 0 Å². The Kier molecular flexibility index (Phi) is 4.06. The van der Waals surface area contributed by atoms with Crippen molar-refractivity contribution in [3.63, 3.8) is 0 Å². The van der Waals surface area contributed by atoms with Gasteiger partial charge in [0.2, 0.25) is 5.91 Å². The van der Waals surface area contributed by atoms with E-state index in [2.05, 4.69) is 28.9 Å². The van der Waals surface area contributed by atoms with E-state index in [0.717, 1.165) is 51.0 Å². The van der Waals surface area contributed by atoms with Gasteiger partial charge in [-0.25, -0.2) is 0 Å². The number of hydrogen-bond acceptors (Lipinski definition) is 2. The lowest BCUT2D eigenvalue weighted by Gasteiger charge is -2.38. The van der Waals surface area contributed by atoms with Gasteiger partial charge < -0.3 is 9.80 Å². The van der Waals surface area contributed by atoms with Crippen LogP contribution in [0.1, 0.15) is 32.6 Å². The van der Waals surface area contributed by atoms with Crippen molar-refractivity contribution in [2.24, 2.45) is 5.92 Å². The second-order valence-corrected chi connectivity index (χ2v) is 5.98. The van der Waals surface area contributed by atoms with Crippen molar-refractivity contribution in [3.05, 3.63) is 30.3 Å². The van der Waals surface area contributed by atoms with Crippen molar-refractivity contribution in [2.45, 2.75) is 38.6 Å². The van der Waals surface area contributed by atoms with Crippen LogP contribution in [0.3, 0.4) is 0 Å². The molecule has 1 saturated heterocycles. The molecule has 0 aromatic heterocycles. The Balaban J connectivity index is 1.77. The second kappa shape index (κ2) is 5.96. The molecule has 108 valence electrons. The first-order valence-electron chi connectivity index (χ1n) is 7.90. The Hall–Kier alpha value is -1.35. The molecule has 0 unspecified atom stereocenters. The molecule has 1 aromatic rings. The molecule has 2 fully saturated rings. The van der Waals surface area contributed by atoms with Gasteiger partial charge in [0.25, 0.3) is 0 Å². The number of rotatable bonds is 4. The smallest absolute Gasteiger partial charge is 0.230 e. The highest BCUT2D eigenvalue weighted by atomic mass is 16.2. The van der Waals surface area contributed by atoms with Gasteiger partial charge in [0, 0.05) is 30.7 Å². The summed E-state index contributed by atoms with van der Waals surface area (Å²) in [6.45, 7) is 5.56. The van der Waals surface area contributed by atoms with E-state index < -0.39 is 0 Å². The zero-order valence-corrected chi connectivity index (χ0v) is 12.3. The number of likely N-dealkylation sites (tertiary alicyclic amines) is 1. The number of piperidine rings is 1. The molecule has 20 heavy (non-hydrogen) atoms. The van der Waals surface area contributed by atoms with Crippen LogP contribution in [-0.4, -0.2) is 36.5 Å². The summed E-state index contributed by atoms with van der Waals surface area (Å²) in [5.41, 5.74) is 1.08. The van der Waals surface area contributed by atoms with Crippen molar-refractivity contribution < 1.29 is 4.79 Å². The van der Waals surface area contributed by atoms with Crippen LogP contribution < -0.4 is 4.90 Å². The van der Waals surface area contributed by atoms with Gasteiger partial charge >= 0.3 is 0 Å². The highest BCUT2D eigenvalue weighted by Gasteiger charge is 2.37. The van der Waals surface area contributed by atoms with E-state index in [1.165, 1.54) is 0 Å². The SMILES string of the molecule is CCN1CCC(N(C(=O)C2CC2)c2ccccc2)CC1. The van der Waals surface area contributed by atoms with E-state index in [9.17, 15) is 4.79 Å². The number of anilines is 1. The Morgan fingerprint density at radius 3 is 2.35 bits per heavy atom. The largest absolute Gasteiger partial charge is 0.309 e. The van der Waals surface area contributed by atoms with Gasteiger partial charge in [-0.15, -0.1) is 0 Å². The number of carbonyl (C=O) groups is 1. The molecular weight excluding hydrogens is 248 g/mol. The number of benzene rings is 1. The summed E-state index contributed by atoms with van der Waals surface area (Å²) >= 11 is 0. The number of hydrogen-bond donors (Lipinski definition) is 0. The number of nitrogens with zero attached hydrogens (tertiary/aromatic N) is 2. The molecule has 3 nitrogen and oxygen atoms in total. The predicted molar refractivity (Wildman–Crippen MR) is 81.8 cm³/mol. The summed E-state index contributed by atoms with van der Waals surface area (Å²) in [4.78, 5) is 17.2. The third-order valence-corrected chi connectivity index (χ3v) is 4.57. The monoisotopic (exact) mass is 272 g/mol. The Bertz CT molecular complexity index is 447. The minimum absolute atomic E-state index is 0.291. The average molecular weight is 272 g/mol. The van der Waals surface area contributed by atoms with Crippen LogP contribution in [0.2, 0.25) is 0 Å². The van der Waals surface area contributed by atoms with E-state index in [-0.39, 0.29) is 0 Å². The molecule has 1 aromatic carbocycles.